The van der Waals surface area contributed by atoms with Crippen LogP contribution in [0.3, 0.4) is 0 Å². The number of hydrogen-bond acceptors (Lipinski definition) is 4. The summed E-state index contributed by atoms with van der Waals surface area (Å²) < 4.78 is 7.30. The van der Waals surface area contributed by atoms with E-state index in [0.717, 1.165) is 28.1 Å². The molecule has 6 nitrogen and oxygen atoms in total. The molecule has 4 aromatic rings. The number of benzene rings is 3. The second-order valence-electron chi connectivity index (χ2n) is 6.98. The van der Waals surface area contributed by atoms with Gasteiger partial charge in [0.1, 0.15) is 11.4 Å². The largest absolute Gasteiger partial charge is 0.484 e. The Labute approximate surface area is 180 Å². The monoisotopic (exact) mass is 410 g/mol. The zero-order valence-electron chi connectivity index (χ0n) is 17.1. The van der Waals surface area contributed by atoms with Crippen LogP contribution in [0.5, 0.6) is 5.75 Å². The Morgan fingerprint density at radius 1 is 1.03 bits per heavy atom. The van der Waals surface area contributed by atoms with Crippen molar-refractivity contribution < 1.29 is 9.53 Å². The van der Waals surface area contributed by atoms with E-state index in [4.69, 9.17) is 9.84 Å². The van der Waals surface area contributed by atoms with Crippen molar-refractivity contribution in [1.29, 1.82) is 0 Å². The van der Waals surface area contributed by atoms with Gasteiger partial charge in [-0.05, 0) is 36.8 Å². The van der Waals surface area contributed by atoms with E-state index >= 15 is 0 Å². The Morgan fingerprint density at radius 2 is 1.77 bits per heavy atom. The third-order valence-electron chi connectivity index (χ3n) is 4.56. The van der Waals surface area contributed by atoms with Gasteiger partial charge in [-0.15, -0.1) is 0 Å². The van der Waals surface area contributed by atoms with Gasteiger partial charge in [0.15, 0.2) is 6.61 Å². The van der Waals surface area contributed by atoms with Crippen LogP contribution in [-0.4, -0.2) is 28.5 Å². The first-order chi connectivity index (χ1) is 15.2. The highest BCUT2D eigenvalue weighted by Gasteiger charge is 2.11. The predicted octanol–water partition coefficient (Wildman–Crippen LogP) is 4.38. The normalized spacial score (nSPS) is 10.9. The molecule has 0 unspecified atom stereocenters. The Kier molecular flexibility index (Phi) is 6.18. The number of para-hydroxylation sites is 1. The highest BCUT2D eigenvalue weighted by molar-refractivity contribution is 5.89. The second-order valence-corrected chi connectivity index (χ2v) is 6.98. The van der Waals surface area contributed by atoms with E-state index in [0.29, 0.717) is 5.75 Å². The second kappa shape index (κ2) is 9.54. The Balaban J connectivity index is 1.48. The fraction of sp³-hybridized carbons (Fsp3) is 0.0800. The number of rotatable bonds is 7. The Morgan fingerprint density at radius 3 is 2.52 bits per heavy atom. The molecule has 1 heterocycles. The lowest BCUT2D eigenvalue weighted by Gasteiger charge is -2.05. The van der Waals surface area contributed by atoms with Crippen LogP contribution >= 0.6 is 0 Å². The summed E-state index contributed by atoms with van der Waals surface area (Å²) in [6, 6.07) is 27.2. The molecule has 1 aromatic heterocycles. The minimum Gasteiger partial charge on any atom is -0.484 e. The molecule has 31 heavy (non-hydrogen) atoms. The molecular formula is C25H22N4O2. The lowest BCUT2D eigenvalue weighted by molar-refractivity contribution is -0.123. The first-order valence-electron chi connectivity index (χ1n) is 9.91. The quantitative estimate of drug-likeness (QED) is 0.363. The van der Waals surface area contributed by atoms with Gasteiger partial charge in [0.25, 0.3) is 5.91 Å². The molecule has 1 amide bonds. The number of amides is 1. The molecule has 0 saturated heterocycles. The molecule has 6 heteroatoms. The van der Waals surface area contributed by atoms with Gasteiger partial charge >= 0.3 is 0 Å². The van der Waals surface area contributed by atoms with Crippen LogP contribution in [-0.2, 0) is 4.79 Å². The molecule has 0 aliphatic heterocycles. The first kappa shape index (κ1) is 20.1. The van der Waals surface area contributed by atoms with Crippen LogP contribution in [0.2, 0.25) is 0 Å². The van der Waals surface area contributed by atoms with Crippen LogP contribution in [0.1, 0.15) is 11.1 Å². The van der Waals surface area contributed by atoms with Crippen molar-refractivity contribution in [2.75, 3.05) is 6.61 Å². The van der Waals surface area contributed by atoms with Crippen molar-refractivity contribution in [3.63, 3.8) is 0 Å². The van der Waals surface area contributed by atoms with E-state index < -0.39 is 0 Å². The van der Waals surface area contributed by atoms with E-state index in [1.54, 1.807) is 10.9 Å². The lowest BCUT2D eigenvalue weighted by Crippen LogP contribution is -2.24. The number of hydrogen-bond donors (Lipinski definition) is 1. The number of hydrazone groups is 1. The van der Waals surface area contributed by atoms with Crippen LogP contribution in [0.25, 0.3) is 16.9 Å². The molecule has 0 atom stereocenters. The molecule has 0 aliphatic carbocycles. The third-order valence-corrected chi connectivity index (χ3v) is 4.56. The summed E-state index contributed by atoms with van der Waals surface area (Å²) in [7, 11) is 0. The number of ether oxygens (including phenoxy) is 1. The van der Waals surface area contributed by atoms with Gasteiger partial charge in [0.2, 0.25) is 0 Å². The minimum absolute atomic E-state index is 0.115. The van der Waals surface area contributed by atoms with Gasteiger partial charge in [-0.25, -0.2) is 10.1 Å². The van der Waals surface area contributed by atoms with E-state index in [2.05, 4.69) is 10.5 Å². The molecule has 154 valence electrons. The summed E-state index contributed by atoms with van der Waals surface area (Å²) >= 11 is 0. The summed E-state index contributed by atoms with van der Waals surface area (Å²) in [5.74, 6) is 0.309. The molecule has 0 aliphatic rings. The van der Waals surface area contributed by atoms with E-state index in [9.17, 15) is 4.79 Å². The van der Waals surface area contributed by atoms with Crippen molar-refractivity contribution >= 4 is 12.1 Å². The third kappa shape index (κ3) is 5.25. The number of nitrogens with one attached hydrogen (secondary N) is 1. The number of aromatic nitrogens is 2. The molecule has 4 rings (SSSR count). The van der Waals surface area contributed by atoms with Crippen molar-refractivity contribution in [2.45, 2.75) is 6.92 Å². The Bertz CT molecular complexity index is 1180. The summed E-state index contributed by atoms with van der Waals surface area (Å²) in [4.78, 5) is 12.1. The number of nitrogens with zero attached hydrogens (tertiary/aromatic N) is 3. The molecular weight excluding hydrogens is 388 g/mol. The molecule has 0 saturated carbocycles. The van der Waals surface area contributed by atoms with Crippen LogP contribution < -0.4 is 10.2 Å². The average Bonchev–Trinajstić information content (AvgIpc) is 3.23. The smallest absolute Gasteiger partial charge is 0.277 e. The maximum absolute atomic E-state index is 12.1. The zero-order chi connectivity index (χ0) is 21.5. The minimum atomic E-state index is -0.338. The molecule has 3 aromatic carbocycles. The lowest BCUT2D eigenvalue weighted by atomic mass is 10.1. The molecule has 0 radical (unpaired) electrons. The Hall–Kier alpha value is -4.19. The first-order valence-corrected chi connectivity index (χ1v) is 9.91. The van der Waals surface area contributed by atoms with Gasteiger partial charge in [-0.3, -0.25) is 4.79 Å². The van der Waals surface area contributed by atoms with Crippen molar-refractivity contribution in [3.05, 3.63) is 102 Å². The van der Waals surface area contributed by atoms with Crippen LogP contribution in [0.4, 0.5) is 0 Å². The van der Waals surface area contributed by atoms with Crippen LogP contribution in [0.15, 0.2) is 96.2 Å². The summed E-state index contributed by atoms with van der Waals surface area (Å²) in [6.07, 6.45) is 3.48. The van der Waals surface area contributed by atoms with Gasteiger partial charge < -0.3 is 4.74 Å². The van der Waals surface area contributed by atoms with Crippen LogP contribution in [0, 0.1) is 6.92 Å². The highest BCUT2D eigenvalue weighted by atomic mass is 16.5. The SMILES string of the molecule is Cc1cccc(OCC(=O)NN=Cc2cn(-c3ccccc3)nc2-c2ccccc2)c1. The fourth-order valence-corrected chi connectivity index (χ4v) is 3.08. The number of carbonyl (C=O) groups is 1. The van der Waals surface area contributed by atoms with Gasteiger partial charge in [0.05, 0.1) is 11.9 Å². The van der Waals surface area contributed by atoms with Gasteiger partial charge in [0, 0.05) is 17.3 Å². The molecule has 0 bridgehead atoms. The van der Waals surface area contributed by atoms with Crippen molar-refractivity contribution in [1.82, 2.24) is 15.2 Å². The summed E-state index contributed by atoms with van der Waals surface area (Å²) in [5, 5.41) is 8.83. The van der Waals surface area contributed by atoms with E-state index in [1.165, 1.54) is 0 Å². The summed E-state index contributed by atoms with van der Waals surface area (Å²) in [5.41, 5.74) is 7.05. The summed E-state index contributed by atoms with van der Waals surface area (Å²) in [6.45, 7) is 1.85. The van der Waals surface area contributed by atoms with Gasteiger partial charge in [-0.1, -0.05) is 60.7 Å². The standard InChI is InChI=1S/C25H22N4O2/c1-19-9-8-14-23(15-19)31-18-24(30)27-26-16-21-17-29(22-12-6-3-7-13-22)28-25(21)20-10-4-2-5-11-20/h2-17H,18H2,1H3,(H,27,30). The highest BCUT2D eigenvalue weighted by Crippen LogP contribution is 2.22. The van der Waals surface area contributed by atoms with E-state index in [1.807, 2.05) is 98.0 Å². The molecule has 0 spiro atoms. The fourth-order valence-electron chi connectivity index (χ4n) is 3.08. The maximum atomic E-state index is 12.1. The van der Waals surface area contributed by atoms with Gasteiger partial charge in [-0.2, -0.15) is 10.2 Å². The predicted molar refractivity (Wildman–Crippen MR) is 121 cm³/mol. The number of aryl methyl sites for hydroxylation is 1. The van der Waals surface area contributed by atoms with E-state index in [-0.39, 0.29) is 12.5 Å². The zero-order valence-corrected chi connectivity index (χ0v) is 17.1. The van der Waals surface area contributed by atoms with Crippen molar-refractivity contribution in [2.24, 2.45) is 5.10 Å². The molecule has 1 N–H and O–H groups in total. The number of carbonyl (C=O) groups excluding carboxylic acids is 1. The average molecular weight is 410 g/mol. The topological polar surface area (TPSA) is 68.5 Å². The van der Waals surface area contributed by atoms with Crippen molar-refractivity contribution in [3.8, 4) is 22.7 Å². The maximum Gasteiger partial charge on any atom is 0.277 e. The molecule has 0 fully saturated rings.